The maximum atomic E-state index is 12.2. The number of aromatic carboxylic acids is 1. The Morgan fingerprint density at radius 3 is 2.29 bits per heavy atom. The Bertz CT molecular complexity index is 520. The molecule has 5 nitrogen and oxygen atoms in total. The third-order valence-corrected chi connectivity index (χ3v) is 3.82. The number of carboxylic acid groups (broad SMARTS) is 1. The number of hydrogen-bond donors (Lipinski definition) is 1. The molecule has 116 valence electrons. The van der Waals surface area contributed by atoms with Crippen molar-refractivity contribution in [1.82, 2.24) is 4.90 Å². The summed E-state index contributed by atoms with van der Waals surface area (Å²) in [5, 5.41) is 8.98. The Morgan fingerprint density at radius 2 is 1.81 bits per heavy atom. The van der Waals surface area contributed by atoms with Crippen LogP contribution in [0.2, 0.25) is 0 Å². The number of carbonyl (C=O) groups excluding carboxylic acids is 1. The highest BCUT2D eigenvalue weighted by Gasteiger charge is 2.20. The molecule has 0 saturated heterocycles. The van der Waals surface area contributed by atoms with Crippen LogP contribution < -0.4 is 4.74 Å². The normalized spacial score (nSPS) is 10.8. The monoisotopic (exact) mass is 405 g/mol. The molecule has 1 amide bonds. The molecule has 0 bridgehead atoms. The van der Waals surface area contributed by atoms with Crippen LogP contribution in [-0.2, 0) is 4.79 Å². The van der Waals surface area contributed by atoms with E-state index >= 15 is 0 Å². The molecule has 1 aromatic rings. The van der Waals surface area contributed by atoms with Crippen LogP contribution in [0.25, 0.3) is 0 Å². The molecule has 0 fully saturated rings. The van der Waals surface area contributed by atoms with E-state index in [9.17, 15) is 9.59 Å². The van der Waals surface area contributed by atoms with E-state index in [2.05, 4.69) is 0 Å². The highest BCUT2D eigenvalue weighted by Crippen LogP contribution is 2.22. The van der Waals surface area contributed by atoms with Crippen molar-refractivity contribution in [3.05, 3.63) is 27.3 Å². The first-order chi connectivity index (χ1) is 9.73. The summed E-state index contributed by atoms with van der Waals surface area (Å²) in [5.74, 6) is -0.721. The second-order valence-corrected chi connectivity index (χ2v) is 6.39. The van der Waals surface area contributed by atoms with Crippen molar-refractivity contribution >= 4 is 34.5 Å². The zero-order valence-corrected chi connectivity index (χ0v) is 14.7. The molecule has 0 unspecified atom stereocenters. The lowest BCUT2D eigenvalue weighted by Crippen LogP contribution is -2.44. The van der Waals surface area contributed by atoms with Crippen molar-refractivity contribution in [2.75, 3.05) is 6.61 Å². The molecule has 0 spiro atoms. The van der Waals surface area contributed by atoms with Gasteiger partial charge in [0, 0.05) is 12.1 Å². The van der Waals surface area contributed by atoms with Crippen LogP contribution in [0.3, 0.4) is 0 Å². The van der Waals surface area contributed by atoms with Gasteiger partial charge in [0.1, 0.15) is 5.75 Å². The summed E-state index contributed by atoms with van der Waals surface area (Å²) in [6.45, 7) is 7.70. The van der Waals surface area contributed by atoms with E-state index in [1.165, 1.54) is 12.1 Å². The van der Waals surface area contributed by atoms with E-state index in [-0.39, 0.29) is 30.2 Å². The Labute approximate surface area is 138 Å². The molecule has 0 aromatic heterocycles. The van der Waals surface area contributed by atoms with Crippen LogP contribution in [0.1, 0.15) is 38.1 Å². The van der Waals surface area contributed by atoms with Gasteiger partial charge in [-0.2, -0.15) is 0 Å². The number of rotatable bonds is 6. The topological polar surface area (TPSA) is 66.8 Å². The second kappa shape index (κ2) is 7.63. The molecule has 0 saturated carbocycles. The van der Waals surface area contributed by atoms with Gasteiger partial charge in [-0.25, -0.2) is 4.79 Å². The number of nitrogens with zero attached hydrogens (tertiary/aromatic N) is 1. The average Bonchev–Trinajstić information content (AvgIpc) is 2.36. The molecule has 0 radical (unpaired) electrons. The van der Waals surface area contributed by atoms with E-state index < -0.39 is 5.97 Å². The Kier molecular flexibility index (Phi) is 6.44. The van der Waals surface area contributed by atoms with Crippen LogP contribution in [0.4, 0.5) is 0 Å². The minimum absolute atomic E-state index is 0.0884. The zero-order chi connectivity index (χ0) is 16.2. The van der Waals surface area contributed by atoms with Crippen LogP contribution in [0, 0.1) is 3.57 Å². The van der Waals surface area contributed by atoms with Gasteiger partial charge in [-0.05, 0) is 68.5 Å². The molecule has 6 heteroatoms. The van der Waals surface area contributed by atoms with E-state index in [1.54, 1.807) is 11.0 Å². The van der Waals surface area contributed by atoms with Crippen molar-refractivity contribution in [3.8, 4) is 5.75 Å². The molecular weight excluding hydrogens is 385 g/mol. The smallest absolute Gasteiger partial charge is 0.335 e. The molecule has 1 rings (SSSR count). The van der Waals surface area contributed by atoms with E-state index in [1.807, 2.05) is 50.3 Å². The van der Waals surface area contributed by atoms with Gasteiger partial charge in [-0.1, -0.05) is 0 Å². The predicted octanol–water partition coefficient (Wildman–Crippen LogP) is 3.01. The summed E-state index contributed by atoms with van der Waals surface area (Å²) >= 11 is 2.05. The van der Waals surface area contributed by atoms with Gasteiger partial charge in [0.05, 0.1) is 9.13 Å². The Balaban J connectivity index is 2.81. The lowest BCUT2D eigenvalue weighted by molar-refractivity contribution is -0.137. The van der Waals surface area contributed by atoms with Gasteiger partial charge < -0.3 is 14.7 Å². The number of carbonyl (C=O) groups is 2. The van der Waals surface area contributed by atoms with Crippen molar-refractivity contribution < 1.29 is 19.4 Å². The van der Waals surface area contributed by atoms with Gasteiger partial charge in [0.15, 0.2) is 6.61 Å². The number of hydrogen-bond acceptors (Lipinski definition) is 3. The fourth-order valence-corrected chi connectivity index (χ4v) is 2.62. The molecule has 21 heavy (non-hydrogen) atoms. The average molecular weight is 405 g/mol. The molecule has 0 aliphatic heterocycles. The third-order valence-electron chi connectivity index (χ3n) is 2.93. The largest absolute Gasteiger partial charge is 0.483 e. The molecule has 1 aromatic carbocycles. The zero-order valence-electron chi connectivity index (χ0n) is 12.6. The minimum atomic E-state index is -1.02. The summed E-state index contributed by atoms with van der Waals surface area (Å²) < 4.78 is 6.28. The quantitative estimate of drug-likeness (QED) is 0.740. The first-order valence-corrected chi connectivity index (χ1v) is 7.78. The number of carboxylic acids is 1. The SMILES string of the molecule is CC(C)N(C(=O)COc1cc(C(=O)O)ccc1I)C(C)C. The summed E-state index contributed by atoms with van der Waals surface area (Å²) in [7, 11) is 0. The van der Waals surface area contributed by atoms with Crippen LogP contribution in [0.15, 0.2) is 18.2 Å². The second-order valence-electron chi connectivity index (χ2n) is 5.23. The number of benzene rings is 1. The molecular formula is C15H20INO4. The molecule has 0 aliphatic rings. The van der Waals surface area contributed by atoms with Crippen molar-refractivity contribution in [1.29, 1.82) is 0 Å². The highest BCUT2D eigenvalue weighted by atomic mass is 127. The first kappa shape index (κ1) is 17.7. The fourth-order valence-electron chi connectivity index (χ4n) is 2.13. The van der Waals surface area contributed by atoms with Crippen LogP contribution >= 0.6 is 22.6 Å². The molecule has 0 heterocycles. The van der Waals surface area contributed by atoms with E-state index in [0.717, 1.165) is 3.57 Å². The maximum Gasteiger partial charge on any atom is 0.335 e. The van der Waals surface area contributed by atoms with E-state index in [0.29, 0.717) is 5.75 Å². The lowest BCUT2D eigenvalue weighted by atomic mass is 10.2. The summed E-state index contributed by atoms with van der Waals surface area (Å²) in [5.41, 5.74) is 0.141. The molecule has 0 atom stereocenters. The van der Waals surface area contributed by atoms with Crippen molar-refractivity contribution in [3.63, 3.8) is 0 Å². The molecule has 1 N–H and O–H groups in total. The number of amides is 1. The van der Waals surface area contributed by atoms with Gasteiger partial charge >= 0.3 is 5.97 Å². The third kappa shape index (κ3) is 4.87. The summed E-state index contributed by atoms with van der Waals surface area (Å²) in [6, 6.07) is 4.78. The van der Waals surface area contributed by atoms with Crippen molar-refractivity contribution in [2.24, 2.45) is 0 Å². The number of halogens is 1. The van der Waals surface area contributed by atoms with Gasteiger partial charge in [0.2, 0.25) is 0 Å². The standard InChI is InChI=1S/C15H20INO4/c1-9(2)17(10(3)4)14(18)8-21-13-7-11(15(19)20)5-6-12(13)16/h5-7,9-10H,8H2,1-4H3,(H,19,20). The first-order valence-electron chi connectivity index (χ1n) is 6.70. The lowest BCUT2D eigenvalue weighted by Gasteiger charge is -2.30. The van der Waals surface area contributed by atoms with Crippen molar-refractivity contribution in [2.45, 2.75) is 39.8 Å². The predicted molar refractivity (Wildman–Crippen MR) is 88.7 cm³/mol. The van der Waals surface area contributed by atoms with Crippen LogP contribution in [-0.4, -0.2) is 40.6 Å². The number of ether oxygens (including phenoxy) is 1. The van der Waals surface area contributed by atoms with Gasteiger partial charge in [-0.3, -0.25) is 4.79 Å². The van der Waals surface area contributed by atoms with Gasteiger partial charge in [0.25, 0.3) is 5.91 Å². The Morgan fingerprint density at radius 1 is 1.24 bits per heavy atom. The van der Waals surface area contributed by atoms with Gasteiger partial charge in [-0.15, -0.1) is 0 Å². The maximum absolute atomic E-state index is 12.2. The molecule has 0 aliphatic carbocycles. The summed E-state index contributed by atoms with van der Waals surface area (Å²) in [4.78, 5) is 24.9. The summed E-state index contributed by atoms with van der Waals surface area (Å²) in [6.07, 6.45) is 0. The minimum Gasteiger partial charge on any atom is -0.483 e. The van der Waals surface area contributed by atoms with Crippen LogP contribution in [0.5, 0.6) is 5.75 Å². The Hall–Kier alpha value is -1.31. The highest BCUT2D eigenvalue weighted by molar-refractivity contribution is 14.1. The fraction of sp³-hybridized carbons (Fsp3) is 0.467. The van der Waals surface area contributed by atoms with E-state index in [4.69, 9.17) is 9.84 Å².